The van der Waals surface area contributed by atoms with Crippen LogP contribution in [-0.2, 0) is 0 Å². The van der Waals surface area contributed by atoms with Crippen molar-refractivity contribution in [2.45, 2.75) is 18.8 Å². The molecule has 1 aromatic carbocycles. The average Bonchev–Trinajstić information content (AvgIpc) is 2.38. The Bertz CT molecular complexity index is 389. The van der Waals surface area contributed by atoms with E-state index >= 15 is 0 Å². The molecule has 1 aliphatic rings. The molecule has 0 aromatic heterocycles. The lowest BCUT2D eigenvalue weighted by atomic mass is 9.91. The Morgan fingerprint density at radius 2 is 2.12 bits per heavy atom. The fourth-order valence-corrected chi connectivity index (χ4v) is 2.96. The fourth-order valence-electron chi connectivity index (χ4n) is 2.34. The van der Waals surface area contributed by atoms with Crippen molar-refractivity contribution in [2.75, 3.05) is 27.3 Å². The Hall–Kier alpha value is -0.740. The van der Waals surface area contributed by atoms with Crippen LogP contribution in [0.3, 0.4) is 0 Å². The van der Waals surface area contributed by atoms with Crippen molar-refractivity contribution >= 4 is 15.9 Å². The molecule has 17 heavy (non-hydrogen) atoms. The first-order valence-corrected chi connectivity index (χ1v) is 6.67. The van der Waals surface area contributed by atoms with Crippen LogP contribution in [0.1, 0.15) is 24.3 Å². The summed E-state index contributed by atoms with van der Waals surface area (Å²) in [5.41, 5.74) is 1.23. The van der Waals surface area contributed by atoms with Crippen LogP contribution in [0, 0.1) is 0 Å². The van der Waals surface area contributed by atoms with Gasteiger partial charge in [0.1, 0.15) is 11.5 Å². The lowest BCUT2D eigenvalue weighted by molar-refractivity contribution is 0.381. The highest BCUT2D eigenvalue weighted by Gasteiger charge is 2.21. The van der Waals surface area contributed by atoms with Gasteiger partial charge in [0.05, 0.1) is 18.7 Å². The van der Waals surface area contributed by atoms with E-state index in [4.69, 9.17) is 9.47 Å². The van der Waals surface area contributed by atoms with Gasteiger partial charge >= 0.3 is 0 Å². The van der Waals surface area contributed by atoms with Crippen LogP contribution in [0.4, 0.5) is 0 Å². The van der Waals surface area contributed by atoms with Crippen LogP contribution in [-0.4, -0.2) is 27.3 Å². The van der Waals surface area contributed by atoms with E-state index in [-0.39, 0.29) is 0 Å². The molecular formula is C13H18BrNO2. The second-order valence-electron chi connectivity index (χ2n) is 4.27. The van der Waals surface area contributed by atoms with Crippen molar-refractivity contribution in [2.24, 2.45) is 0 Å². The molecule has 0 aliphatic carbocycles. The van der Waals surface area contributed by atoms with E-state index in [1.807, 2.05) is 6.07 Å². The fraction of sp³-hybridized carbons (Fsp3) is 0.538. The summed E-state index contributed by atoms with van der Waals surface area (Å²) in [5, 5.41) is 3.43. The molecule has 0 spiro atoms. The van der Waals surface area contributed by atoms with Crippen LogP contribution >= 0.6 is 15.9 Å². The van der Waals surface area contributed by atoms with Gasteiger partial charge in [-0.05, 0) is 47.4 Å². The molecule has 1 aliphatic heterocycles. The number of halogens is 1. The summed E-state index contributed by atoms with van der Waals surface area (Å²) in [6, 6.07) is 4.03. The predicted molar refractivity (Wildman–Crippen MR) is 72.1 cm³/mol. The summed E-state index contributed by atoms with van der Waals surface area (Å²) in [6.07, 6.45) is 2.41. The number of methoxy groups -OCH3 is 2. The first-order valence-electron chi connectivity index (χ1n) is 5.88. The number of ether oxygens (including phenoxy) is 2. The van der Waals surface area contributed by atoms with Gasteiger partial charge in [0.25, 0.3) is 0 Å². The molecule has 0 radical (unpaired) electrons. The van der Waals surface area contributed by atoms with E-state index in [1.54, 1.807) is 14.2 Å². The van der Waals surface area contributed by atoms with Gasteiger partial charge in [0.2, 0.25) is 0 Å². The highest BCUT2D eigenvalue weighted by molar-refractivity contribution is 9.10. The van der Waals surface area contributed by atoms with Gasteiger partial charge < -0.3 is 14.8 Å². The number of hydrogen-bond donors (Lipinski definition) is 1. The number of rotatable bonds is 3. The second kappa shape index (κ2) is 5.74. The molecule has 1 fully saturated rings. The average molecular weight is 300 g/mol. The van der Waals surface area contributed by atoms with Crippen molar-refractivity contribution in [3.63, 3.8) is 0 Å². The summed E-state index contributed by atoms with van der Waals surface area (Å²) in [4.78, 5) is 0. The molecule has 1 atom stereocenters. The van der Waals surface area contributed by atoms with Gasteiger partial charge in [-0.25, -0.2) is 0 Å². The summed E-state index contributed by atoms with van der Waals surface area (Å²) in [5.74, 6) is 2.31. The first-order chi connectivity index (χ1) is 8.26. The predicted octanol–water partition coefficient (Wildman–Crippen LogP) is 2.93. The first kappa shape index (κ1) is 12.7. The molecule has 0 saturated carbocycles. The molecule has 1 saturated heterocycles. The van der Waals surface area contributed by atoms with Crippen LogP contribution in [0.15, 0.2) is 16.6 Å². The topological polar surface area (TPSA) is 30.5 Å². The van der Waals surface area contributed by atoms with Gasteiger partial charge in [0, 0.05) is 18.0 Å². The molecule has 1 aromatic rings. The highest BCUT2D eigenvalue weighted by Crippen LogP contribution is 2.39. The lowest BCUT2D eigenvalue weighted by Gasteiger charge is -2.25. The van der Waals surface area contributed by atoms with E-state index in [0.717, 1.165) is 29.1 Å². The van der Waals surface area contributed by atoms with Gasteiger partial charge in [-0.2, -0.15) is 0 Å². The largest absolute Gasteiger partial charge is 0.497 e. The summed E-state index contributed by atoms with van der Waals surface area (Å²) in [6.45, 7) is 2.12. The van der Waals surface area contributed by atoms with E-state index in [2.05, 4.69) is 27.3 Å². The molecule has 3 nitrogen and oxygen atoms in total. The van der Waals surface area contributed by atoms with E-state index < -0.39 is 0 Å². The standard InChI is InChI=1S/C13H18BrNO2/c1-16-10-6-11(9-4-3-5-15-8-9)13(17-2)12(14)7-10/h6-7,9,15H,3-5,8H2,1-2H3. The van der Waals surface area contributed by atoms with Crippen molar-refractivity contribution in [1.29, 1.82) is 0 Å². The van der Waals surface area contributed by atoms with Crippen molar-refractivity contribution in [1.82, 2.24) is 5.32 Å². The molecule has 2 rings (SSSR count). The highest BCUT2D eigenvalue weighted by atomic mass is 79.9. The minimum absolute atomic E-state index is 0.505. The summed E-state index contributed by atoms with van der Waals surface area (Å²) < 4.78 is 11.8. The zero-order chi connectivity index (χ0) is 12.3. The molecule has 4 heteroatoms. The second-order valence-corrected chi connectivity index (χ2v) is 5.13. The molecular weight excluding hydrogens is 282 g/mol. The molecule has 1 heterocycles. The van der Waals surface area contributed by atoms with Gasteiger partial charge in [-0.15, -0.1) is 0 Å². The van der Waals surface area contributed by atoms with E-state index in [1.165, 1.54) is 18.4 Å². The van der Waals surface area contributed by atoms with Crippen LogP contribution in [0.5, 0.6) is 11.5 Å². The maximum absolute atomic E-state index is 5.50. The number of piperidine rings is 1. The number of hydrogen-bond acceptors (Lipinski definition) is 3. The van der Waals surface area contributed by atoms with Crippen molar-refractivity contribution in [3.05, 3.63) is 22.2 Å². The van der Waals surface area contributed by atoms with Crippen LogP contribution in [0.2, 0.25) is 0 Å². The van der Waals surface area contributed by atoms with Crippen molar-refractivity contribution in [3.8, 4) is 11.5 Å². The molecule has 1 N–H and O–H groups in total. The van der Waals surface area contributed by atoms with Crippen molar-refractivity contribution < 1.29 is 9.47 Å². The minimum atomic E-state index is 0.505. The summed E-state index contributed by atoms with van der Waals surface area (Å²) >= 11 is 3.54. The third kappa shape index (κ3) is 2.75. The Morgan fingerprint density at radius 1 is 1.29 bits per heavy atom. The van der Waals surface area contributed by atoms with Gasteiger partial charge in [-0.3, -0.25) is 0 Å². The normalized spacial score (nSPS) is 20.1. The zero-order valence-electron chi connectivity index (χ0n) is 10.3. The quantitative estimate of drug-likeness (QED) is 0.931. The van der Waals surface area contributed by atoms with Crippen LogP contribution < -0.4 is 14.8 Å². The van der Waals surface area contributed by atoms with Gasteiger partial charge in [-0.1, -0.05) is 0 Å². The van der Waals surface area contributed by atoms with E-state index in [9.17, 15) is 0 Å². The molecule has 94 valence electrons. The molecule has 0 bridgehead atoms. The van der Waals surface area contributed by atoms with Crippen LogP contribution in [0.25, 0.3) is 0 Å². The molecule has 0 amide bonds. The smallest absolute Gasteiger partial charge is 0.136 e. The zero-order valence-corrected chi connectivity index (χ0v) is 11.8. The third-order valence-electron chi connectivity index (χ3n) is 3.22. The Balaban J connectivity index is 2.38. The Morgan fingerprint density at radius 3 is 2.71 bits per heavy atom. The Labute approximate surface area is 111 Å². The maximum Gasteiger partial charge on any atom is 0.136 e. The Kier molecular flexibility index (Phi) is 4.29. The number of nitrogens with one attached hydrogen (secondary N) is 1. The summed E-state index contributed by atoms with van der Waals surface area (Å²) in [7, 11) is 3.41. The molecule has 1 unspecified atom stereocenters. The lowest BCUT2D eigenvalue weighted by Crippen LogP contribution is -2.28. The SMILES string of the molecule is COc1cc(Br)c(OC)c(C2CCCNC2)c1. The van der Waals surface area contributed by atoms with Gasteiger partial charge in [0.15, 0.2) is 0 Å². The third-order valence-corrected chi connectivity index (χ3v) is 3.81. The number of benzene rings is 1. The van der Waals surface area contributed by atoms with E-state index in [0.29, 0.717) is 5.92 Å². The maximum atomic E-state index is 5.50. The monoisotopic (exact) mass is 299 g/mol. The minimum Gasteiger partial charge on any atom is -0.497 e.